The Labute approximate surface area is 122 Å². The number of nitrogens with one attached hydrogen (secondary N) is 1. The number of anilines is 1. The maximum absolute atomic E-state index is 12.5. The van der Waals surface area contributed by atoms with Crippen molar-refractivity contribution >= 4 is 22.9 Å². The topological polar surface area (TPSA) is 45.2 Å². The Bertz CT molecular complexity index is 623. The van der Waals surface area contributed by atoms with E-state index in [1.54, 1.807) is 17.5 Å². The first-order valence-electron chi connectivity index (χ1n) is 6.82. The van der Waals surface area contributed by atoms with Crippen LogP contribution in [0, 0.1) is 0 Å². The van der Waals surface area contributed by atoms with E-state index in [2.05, 4.69) is 21.7 Å². The number of rotatable bonds is 3. The summed E-state index contributed by atoms with van der Waals surface area (Å²) in [5.74, 6) is 0.0154. The zero-order valence-corrected chi connectivity index (χ0v) is 12.2. The van der Waals surface area contributed by atoms with Gasteiger partial charge in [-0.25, -0.2) is 0 Å². The second kappa shape index (κ2) is 5.63. The first-order chi connectivity index (χ1) is 9.78. The molecular weight excluding hydrogens is 270 g/mol. The number of thiophene rings is 1. The molecule has 0 spiro atoms. The lowest BCUT2D eigenvalue weighted by atomic mass is 10.1. The fourth-order valence-corrected chi connectivity index (χ4v) is 3.34. The van der Waals surface area contributed by atoms with Gasteiger partial charge in [-0.15, -0.1) is 11.3 Å². The molecule has 0 saturated heterocycles. The van der Waals surface area contributed by atoms with E-state index >= 15 is 0 Å². The maximum Gasteiger partial charge on any atom is 0.272 e. The second-order valence-electron chi connectivity index (χ2n) is 4.81. The van der Waals surface area contributed by atoms with Crippen molar-refractivity contribution in [1.29, 1.82) is 0 Å². The Morgan fingerprint density at radius 2 is 2.40 bits per heavy atom. The van der Waals surface area contributed by atoms with Gasteiger partial charge >= 0.3 is 0 Å². The second-order valence-corrected chi connectivity index (χ2v) is 5.81. The van der Waals surface area contributed by atoms with Crippen molar-refractivity contribution in [3.05, 3.63) is 45.9 Å². The number of carbonyl (C=O) groups is 1. The molecule has 0 saturated carbocycles. The molecule has 0 radical (unpaired) electrons. The standard InChI is InChI=1S/C15H17N3OS/c1-2-16-12-3-6-17-13(9-12)15(19)18-7-4-14-11(10-18)5-8-20-14/h3,5-6,8-9H,2,4,7,10H2,1H3,(H,16,17). The van der Waals surface area contributed by atoms with Crippen LogP contribution in [0.15, 0.2) is 29.8 Å². The zero-order valence-electron chi connectivity index (χ0n) is 11.4. The van der Waals surface area contributed by atoms with E-state index in [4.69, 9.17) is 0 Å². The minimum Gasteiger partial charge on any atom is -0.385 e. The van der Waals surface area contributed by atoms with E-state index in [0.717, 1.165) is 25.2 Å². The van der Waals surface area contributed by atoms with Crippen molar-refractivity contribution in [3.8, 4) is 0 Å². The van der Waals surface area contributed by atoms with E-state index in [1.807, 2.05) is 24.0 Å². The zero-order chi connectivity index (χ0) is 13.9. The summed E-state index contributed by atoms with van der Waals surface area (Å²) in [6, 6.07) is 5.82. The highest BCUT2D eigenvalue weighted by atomic mass is 32.1. The van der Waals surface area contributed by atoms with Crippen LogP contribution >= 0.6 is 11.3 Å². The molecular formula is C15H17N3OS. The lowest BCUT2D eigenvalue weighted by molar-refractivity contribution is 0.0730. The number of nitrogens with zero attached hydrogens (tertiary/aromatic N) is 2. The molecule has 4 nitrogen and oxygen atoms in total. The lowest BCUT2D eigenvalue weighted by Crippen LogP contribution is -2.35. The number of hydrogen-bond acceptors (Lipinski definition) is 4. The largest absolute Gasteiger partial charge is 0.385 e. The van der Waals surface area contributed by atoms with Gasteiger partial charge in [0.2, 0.25) is 0 Å². The lowest BCUT2D eigenvalue weighted by Gasteiger charge is -2.26. The Morgan fingerprint density at radius 1 is 1.50 bits per heavy atom. The SMILES string of the molecule is CCNc1ccnc(C(=O)N2CCc3sccc3C2)c1. The minimum atomic E-state index is 0.0154. The first kappa shape index (κ1) is 13.1. The summed E-state index contributed by atoms with van der Waals surface area (Å²) in [4.78, 5) is 20.0. The number of carbonyl (C=O) groups excluding carboxylic acids is 1. The van der Waals surface area contributed by atoms with Gasteiger partial charge in [-0.05, 0) is 42.5 Å². The normalized spacial score (nSPS) is 13.9. The molecule has 0 aromatic carbocycles. The molecule has 1 aliphatic rings. The molecule has 3 rings (SSSR count). The van der Waals surface area contributed by atoms with Crippen molar-refractivity contribution < 1.29 is 4.79 Å². The Morgan fingerprint density at radius 3 is 3.25 bits per heavy atom. The van der Waals surface area contributed by atoms with Crippen molar-refractivity contribution in [2.24, 2.45) is 0 Å². The molecule has 104 valence electrons. The highest BCUT2D eigenvalue weighted by Crippen LogP contribution is 2.25. The molecule has 0 fully saturated rings. The van der Waals surface area contributed by atoms with Crippen LogP contribution in [0.3, 0.4) is 0 Å². The number of aromatic nitrogens is 1. The summed E-state index contributed by atoms with van der Waals surface area (Å²) < 4.78 is 0. The maximum atomic E-state index is 12.5. The van der Waals surface area contributed by atoms with Crippen LogP contribution in [0.2, 0.25) is 0 Å². The smallest absolute Gasteiger partial charge is 0.272 e. The summed E-state index contributed by atoms with van der Waals surface area (Å²) in [7, 11) is 0. The van der Waals surface area contributed by atoms with Crippen LogP contribution in [0.25, 0.3) is 0 Å². The predicted octanol–water partition coefficient (Wildman–Crippen LogP) is 2.77. The van der Waals surface area contributed by atoms with E-state index in [0.29, 0.717) is 12.2 Å². The van der Waals surface area contributed by atoms with Crippen molar-refractivity contribution in [2.75, 3.05) is 18.4 Å². The van der Waals surface area contributed by atoms with E-state index in [-0.39, 0.29) is 5.91 Å². The Kier molecular flexibility index (Phi) is 3.69. The Balaban J connectivity index is 1.78. The average molecular weight is 287 g/mol. The molecule has 1 aliphatic heterocycles. The predicted molar refractivity (Wildman–Crippen MR) is 81.2 cm³/mol. The summed E-state index contributed by atoms with van der Waals surface area (Å²) >= 11 is 1.78. The molecule has 1 N–H and O–H groups in total. The minimum absolute atomic E-state index is 0.0154. The third-order valence-corrected chi connectivity index (χ3v) is 4.48. The molecule has 20 heavy (non-hydrogen) atoms. The molecule has 0 bridgehead atoms. The summed E-state index contributed by atoms with van der Waals surface area (Å²) in [6.07, 6.45) is 2.64. The highest BCUT2D eigenvalue weighted by molar-refractivity contribution is 7.10. The molecule has 5 heteroatoms. The third kappa shape index (κ3) is 2.54. The fourth-order valence-electron chi connectivity index (χ4n) is 2.45. The van der Waals surface area contributed by atoms with E-state index in [9.17, 15) is 4.79 Å². The van der Waals surface area contributed by atoms with Crippen LogP contribution in [-0.2, 0) is 13.0 Å². The van der Waals surface area contributed by atoms with Gasteiger partial charge in [0.15, 0.2) is 0 Å². The van der Waals surface area contributed by atoms with Gasteiger partial charge in [-0.2, -0.15) is 0 Å². The number of fused-ring (bicyclic) bond motifs is 1. The number of amides is 1. The van der Waals surface area contributed by atoms with Gasteiger partial charge in [0.1, 0.15) is 5.69 Å². The van der Waals surface area contributed by atoms with E-state index < -0.39 is 0 Å². The Hall–Kier alpha value is -1.88. The third-order valence-electron chi connectivity index (χ3n) is 3.45. The first-order valence-corrected chi connectivity index (χ1v) is 7.70. The molecule has 3 heterocycles. The quantitative estimate of drug-likeness (QED) is 0.944. The van der Waals surface area contributed by atoms with Gasteiger partial charge in [-0.1, -0.05) is 0 Å². The molecule has 1 amide bonds. The van der Waals surface area contributed by atoms with Crippen LogP contribution in [0.4, 0.5) is 5.69 Å². The van der Waals surface area contributed by atoms with E-state index in [1.165, 1.54) is 10.4 Å². The molecule has 2 aromatic heterocycles. The van der Waals surface area contributed by atoms with Gasteiger partial charge in [0.25, 0.3) is 5.91 Å². The monoisotopic (exact) mass is 287 g/mol. The van der Waals surface area contributed by atoms with Crippen molar-refractivity contribution in [3.63, 3.8) is 0 Å². The molecule has 0 unspecified atom stereocenters. The summed E-state index contributed by atoms with van der Waals surface area (Å²) in [5, 5.41) is 5.31. The van der Waals surface area contributed by atoms with Crippen LogP contribution in [-0.4, -0.2) is 28.9 Å². The fraction of sp³-hybridized carbons (Fsp3) is 0.333. The highest BCUT2D eigenvalue weighted by Gasteiger charge is 2.23. The van der Waals surface area contributed by atoms with Crippen LogP contribution in [0.1, 0.15) is 27.9 Å². The van der Waals surface area contributed by atoms with Crippen molar-refractivity contribution in [1.82, 2.24) is 9.88 Å². The van der Waals surface area contributed by atoms with Gasteiger partial charge in [-0.3, -0.25) is 9.78 Å². The van der Waals surface area contributed by atoms with Gasteiger partial charge in [0, 0.05) is 36.4 Å². The van der Waals surface area contributed by atoms with Crippen molar-refractivity contribution in [2.45, 2.75) is 19.9 Å². The van der Waals surface area contributed by atoms with Gasteiger partial charge in [0.05, 0.1) is 0 Å². The summed E-state index contributed by atoms with van der Waals surface area (Å²) in [6.45, 7) is 4.34. The average Bonchev–Trinajstić information content (AvgIpc) is 2.94. The van der Waals surface area contributed by atoms with Crippen LogP contribution in [0.5, 0.6) is 0 Å². The molecule has 0 aliphatic carbocycles. The molecule has 0 atom stereocenters. The van der Waals surface area contributed by atoms with Gasteiger partial charge < -0.3 is 10.2 Å². The summed E-state index contributed by atoms with van der Waals surface area (Å²) in [5.41, 5.74) is 2.73. The number of hydrogen-bond donors (Lipinski definition) is 1. The molecule has 2 aromatic rings. The van der Waals surface area contributed by atoms with Crippen LogP contribution < -0.4 is 5.32 Å². The number of pyridine rings is 1.